The van der Waals surface area contributed by atoms with E-state index in [-0.39, 0.29) is 5.92 Å². The lowest BCUT2D eigenvalue weighted by Crippen LogP contribution is -2.22. The summed E-state index contributed by atoms with van der Waals surface area (Å²) >= 11 is 6.02. The highest BCUT2D eigenvalue weighted by atomic mass is 35.5. The van der Waals surface area contributed by atoms with Crippen LogP contribution in [0.4, 0.5) is 0 Å². The normalized spacial score (nSPS) is 13.2. The van der Waals surface area contributed by atoms with Gasteiger partial charge in [0.1, 0.15) is 0 Å². The molecule has 3 aromatic carbocycles. The Morgan fingerprint density at radius 1 is 0.800 bits per heavy atom. The highest BCUT2D eigenvalue weighted by Crippen LogP contribution is 2.36. The second-order valence-corrected chi connectivity index (χ2v) is 6.51. The monoisotopic (exact) mass is 350 g/mol. The van der Waals surface area contributed by atoms with Crippen molar-refractivity contribution in [2.75, 3.05) is 0 Å². The molecule has 3 rings (SSSR count). The Morgan fingerprint density at radius 2 is 1.36 bits per heavy atom. The fraction of sp³-hybridized carbons (Fsp3) is 0.136. The van der Waals surface area contributed by atoms with Gasteiger partial charge < -0.3 is 5.11 Å². The Labute approximate surface area is 152 Å². The molecule has 126 valence electrons. The maximum Gasteiger partial charge on any atom is 0.311 e. The summed E-state index contributed by atoms with van der Waals surface area (Å²) < 4.78 is 0. The third-order valence-electron chi connectivity index (χ3n) is 4.42. The van der Waals surface area contributed by atoms with E-state index in [0.717, 1.165) is 16.7 Å². The van der Waals surface area contributed by atoms with Gasteiger partial charge >= 0.3 is 5.97 Å². The van der Waals surface area contributed by atoms with Gasteiger partial charge in [-0.15, -0.1) is 0 Å². The van der Waals surface area contributed by atoms with Crippen LogP contribution in [0.5, 0.6) is 0 Å². The van der Waals surface area contributed by atoms with Crippen LogP contribution in [0, 0.1) is 0 Å². The van der Waals surface area contributed by atoms with Crippen molar-refractivity contribution in [3.63, 3.8) is 0 Å². The highest BCUT2D eigenvalue weighted by Gasteiger charge is 2.31. The first-order valence-electron chi connectivity index (χ1n) is 8.22. The van der Waals surface area contributed by atoms with E-state index < -0.39 is 11.9 Å². The molecule has 0 bridgehead atoms. The standard InChI is InChI=1S/C22H19ClO2/c23-19-13-11-17(12-14-19)20(15-16-7-3-1-4-8-16)21(22(24)25)18-9-5-2-6-10-18/h1-14,20-21H,15H2,(H,24,25). The molecule has 0 fully saturated rings. The number of rotatable bonds is 6. The van der Waals surface area contributed by atoms with Crippen LogP contribution >= 0.6 is 11.6 Å². The maximum atomic E-state index is 12.1. The molecule has 2 nitrogen and oxygen atoms in total. The van der Waals surface area contributed by atoms with Crippen molar-refractivity contribution < 1.29 is 9.90 Å². The Balaban J connectivity index is 2.04. The third-order valence-corrected chi connectivity index (χ3v) is 4.68. The number of hydrogen-bond acceptors (Lipinski definition) is 1. The molecule has 2 atom stereocenters. The molecule has 0 aliphatic carbocycles. The topological polar surface area (TPSA) is 37.3 Å². The fourth-order valence-electron chi connectivity index (χ4n) is 3.21. The Kier molecular flexibility index (Phi) is 5.52. The van der Waals surface area contributed by atoms with Crippen molar-refractivity contribution in [3.05, 3.63) is 107 Å². The van der Waals surface area contributed by atoms with E-state index in [9.17, 15) is 9.90 Å². The molecule has 1 N–H and O–H groups in total. The maximum absolute atomic E-state index is 12.1. The van der Waals surface area contributed by atoms with Crippen LogP contribution in [0.3, 0.4) is 0 Å². The number of aliphatic carboxylic acids is 1. The minimum atomic E-state index is -0.818. The zero-order valence-electron chi connectivity index (χ0n) is 13.7. The lowest BCUT2D eigenvalue weighted by Gasteiger charge is -2.25. The van der Waals surface area contributed by atoms with Gasteiger partial charge in [0.2, 0.25) is 0 Å². The predicted molar refractivity (Wildman–Crippen MR) is 101 cm³/mol. The van der Waals surface area contributed by atoms with E-state index in [2.05, 4.69) is 0 Å². The van der Waals surface area contributed by atoms with Gasteiger partial charge in [-0.25, -0.2) is 0 Å². The minimum Gasteiger partial charge on any atom is -0.481 e. The van der Waals surface area contributed by atoms with Crippen LogP contribution in [0.25, 0.3) is 0 Å². The van der Waals surface area contributed by atoms with Gasteiger partial charge in [0.25, 0.3) is 0 Å². The van der Waals surface area contributed by atoms with Gasteiger partial charge in [0.05, 0.1) is 5.92 Å². The second-order valence-electron chi connectivity index (χ2n) is 6.07. The predicted octanol–water partition coefficient (Wildman–Crippen LogP) is 5.53. The number of carbonyl (C=O) groups is 1. The molecule has 3 aromatic rings. The second kappa shape index (κ2) is 8.00. The molecule has 2 unspecified atom stereocenters. The van der Waals surface area contributed by atoms with E-state index in [0.29, 0.717) is 11.4 Å². The van der Waals surface area contributed by atoms with Crippen LogP contribution in [0.15, 0.2) is 84.9 Å². The summed E-state index contributed by atoms with van der Waals surface area (Å²) in [6, 6.07) is 26.9. The molecule has 3 heteroatoms. The molecule has 25 heavy (non-hydrogen) atoms. The number of carboxylic acid groups (broad SMARTS) is 1. The number of carboxylic acids is 1. The molecule has 0 saturated carbocycles. The molecule has 0 aliphatic heterocycles. The number of halogens is 1. The van der Waals surface area contributed by atoms with Gasteiger partial charge in [-0.1, -0.05) is 84.4 Å². The average Bonchev–Trinajstić information content (AvgIpc) is 2.63. The van der Waals surface area contributed by atoms with E-state index in [1.54, 1.807) is 0 Å². The molecular formula is C22H19ClO2. The fourth-order valence-corrected chi connectivity index (χ4v) is 3.34. The molecular weight excluding hydrogens is 332 g/mol. The van der Waals surface area contributed by atoms with Crippen molar-refractivity contribution in [1.82, 2.24) is 0 Å². The average molecular weight is 351 g/mol. The van der Waals surface area contributed by atoms with Crippen molar-refractivity contribution in [3.8, 4) is 0 Å². The molecule has 0 spiro atoms. The molecule has 0 aliphatic rings. The molecule has 0 aromatic heterocycles. The smallest absolute Gasteiger partial charge is 0.311 e. The van der Waals surface area contributed by atoms with Crippen LogP contribution in [0.2, 0.25) is 5.02 Å². The van der Waals surface area contributed by atoms with E-state index in [1.165, 1.54) is 0 Å². The Hall–Kier alpha value is -2.58. The first-order chi connectivity index (χ1) is 12.1. The van der Waals surface area contributed by atoms with Crippen LogP contribution in [0.1, 0.15) is 28.5 Å². The summed E-state index contributed by atoms with van der Waals surface area (Å²) in [4.78, 5) is 12.1. The third kappa shape index (κ3) is 4.28. The number of benzene rings is 3. The summed E-state index contributed by atoms with van der Waals surface area (Å²) in [5.41, 5.74) is 2.90. The quantitative estimate of drug-likeness (QED) is 0.634. The molecule has 0 radical (unpaired) electrons. The number of hydrogen-bond donors (Lipinski definition) is 1. The van der Waals surface area contributed by atoms with Gasteiger partial charge in [0, 0.05) is 10.9 Å². The first-order valence-corrected chi connectivity index (χ1v) is 8.60. The molecule has 0 saturated heterocycles. The zero-order valence-corrected chi connectivity index (χ0v) is 14.4. The Bertz CT molecular complexity index is 814. The van der Waals surface area contributed by atoms with Gasteiger partial charge in [-0.05, 0) is 35.2 Å². The van der Waals surface area contributed by atoms with Crippen molar-refractivity contribution in [1.29, 1.82) is 0 Å². The SMILES string of the molecule is O=C(O)C(c1ccccc1)C(Cc1ccccc1)c1ccc(Cl)cc1. The summed E-state index contributed by atoms with van der Waals surface area (Å²) in [5.74, 6) is -1.62. The van der Waals surface area contributed by atoms with Crippen LogP contribution in [-0.4, -0.2) is 11.1 Å². The Morgan fingerprint density at radius 3 is 1.92 bits per heavy atom. The van der Waals surface area contributed by atoms with E-state index in [1.807, 2.05) is 84.9 Å². The lowest BCUT2D eigenvalue weighted by atomic mass is 9.78. The summed E-state index contributed by atoms with van der Waals surface area (Å²) in [6.45, 7) is 0. The highest BCUT2D eigenvalue weighted by molar-refractivity contribution is 6.30. The van der Waals surface area contributed by atoms with Crippen molar-refractivity contribution in [2.45, 2.75) is 18.3 Å². The zero-order chi connectivity index (χ0) is 17.6. The van der Waals surface area contributed by atoms with Gasteiger partial charge in [-0.2, -0.15) is 0 Å². The van der Waals surface area contributed by atoms with Crippen LogP contribution < -0.4 is 0 Å². The molecule has 0 amide bonds. The van der Waals surface area contributed by atoms with Crippen LogP contribution in [-0.2, 0) is 11.2 Å². The summed E-state index contributed by atoms with van der Waals surface area (Å²) in [7, 11) is 0. The largest absolute Gasteiger partial charge is 0.481 e. The van der Waals surface area contributed by atoms with Crippen molar-refractivity contribution in [2.24, 2.45) is 0 Å². The van der Waals surface area contributed by atoms with Crippen molar-refractivity contribution >= 4 is 17.6 Å². The lowest BCUT2D eigenvalue weighted by molar-refractivity contribution is -0.139. The van der Waals surface area contributed by atoms with Gasteiger partial charge in [-0.3, -0.25) is 4.79 Å². The first kappa shape index (κ1) is 17.2. The molecule has 0 heterocycles. The summed E-state index contributed by atoms with van der Waals surface area (Å²) in [5, 5.41) is 10.6. The van der Waals surface area contributed by atoms with E-state index >= 15 is 0 Å². The van der Waals surface area contributed by atoms with E-state index in [4.69, 9.17) is 11.6 Å². The minimum absolute atomic E-state index is 0.181. The summed E-state index contributed by atoms with van der Waals surface area (Å²) in [6.07, 6.45) is 0.647. The van der Waals surface area contributed by atoms with Gasteiger partial charge in [0.15, 0.2) is 0 Å².